The fraction of sp³-hybridized carbons (Fsp3) is 0.833. The van der Waals surface area contributed by atoms with Crippen molar-refractivity contribution in [3.63, 3.8) is 0 Å². The maximum atomic E-state index is 11.4. The van der Waals surface area contributed by atoms with E-state index in [1.807, 2.05) is 0 Å². The fourth-order valence-electron chi connectivity index (χ4n) is 1.61. The lowest BCUT2D eigenvalue weighted by Crippen LogP contribution is -2.30. The first kappa shape index (κ1) is 16.9. The molecular formula is C12H22O6. The highest BCUT2D eigenvalue weighted by molar-refractivity contribution is 5.73. The number of carbonyl (C=O) groups is 2. The van der Waals surface area contributed by atoms with Gasteiger partial charge in [-0.2, -0.15) is 0 Å². The smallest absolute Gasteiger partial charge is 0.306 e. The molecule has 0 fully saturated rings. The van der Waals surface area contributed by atoms with Crippen LogP contribution in [0.15, 0.2) is 0 Å². The molecule has 0 rings (SSSR count). The summed E-state index contributed by atoms with van der Waals surface area (Å²) in [5.74, 6) is -1.19. The molecule has 0 aliphatic heterocycles. The lowest BCUT2D eigenvalue weighted by Gasteiger charge is -2.23. The Morgan fingerprint density at radius 2 is 1.28 bits per heavy atom. The van der Waals surface area contributed by atoms with Crippen molar-refractivity contribution in [3.05, 3.63) is 0 Å². The monoisotopic (exact) mass is 262 g/mol. The second kappa shape index (κ2) is 9.85. The van der Waals surface area contributed by atoms with Crippen LogP contribution >= 0.6 is 0 Å². The van der Waals surface area contributed by atoms with Crippen molar-refractivity contribution >= 4 is 11.9 Å². The lowest BCUT2D eigenvalue weighted by atomic mass is 10.0. The molecule has 0 saturated heterocycles. The largest absolute Gasteiger partial charge is 0.466 e. The first-order valence-corrected chi connectivity index (χ1v) is 5.95. The predicted molar refractivity (Wildman–Crippen MR) is 63.8 cm³/mol. The zero-order valence-electron chi connectivity index (χ0n) is 11.4. The van der Waals surface area contributed by atoms with E-state index in [9.17, 15) is 9.59 Å². The van der Waals surface area contributed by atoms with Crippen LogP contribution in [0.3, 0.4) is 0 Å². The molecule has 0 bridgehead atoms. The van der Waals surface area contributed by atoms with E-state index in [0.29, 0.717) is 13.2 Å². The van der Waals surface area contributed by atoms with Crippen LogP contribution in [-0.2, 0) is 28.5 Å². The van der Waals surface area contributed by atoms with E-state index in [1.165, 1.54) is 14.2 Å². The van der Waals surface area contributed by atoms with Crippen molar-refractivity contribution in [2.75, 3.05) is 27.4 Å². The van der Waals surface area contributed by atoms with Gasteiger partial charge in [-0.15, -0.1) is 0 Å². The van der Waals surface area contributed by atoms with Gasteiger partial charge in [-0.3, -0.25) is 9.59 Å². The third-order valence-electron chi connectivity index (χ3n) is 2.32. The van der Waals surface area contributed by atoms with Crippen LogP contribution in [0.5, 0.6) is 0 Å². The van der Waals surface area contributed by atoms with Gasteiger partial charge in [0, 0.05) is 20.1 Å². The molecule has 6 heteroatoms. The van der Waals surface area contributed by atoms with Gasteiger partial charge in [-0.1, -0.05) is 0 Å². The Kier molecular flexibility index (Phi) is 9.22. The third kappa shape index (κ3) is 6.56. The minimum atomic E-state index is -0.640. The van der Waals surface area contributed by atoms with Crippen molar-refractivity contribution in [1.29, 1.82) is 0 Å². The van der Waals surface area contributed by atoms with Crippen molar-refractivity contribution in [3.8, 4) is 0 Å². The molecule has 0 aromatic rings. The first-order valence-electron chi connectivity index (χ1n) is 5.95. The molecule has 0 saturated carbocycles. The van der Waals surface area contributed by atoms with Crippen molar-refractivity contribution in [2.45, 2.75) is 33.0 Å². The van der Waals surface area contributed by atoms with Gasteiger partial charge in [0.2, 0.25) is 0 Å². The maximum Gasteiger partial charge on any atom is 0.306 e. The molecule has 0 unspecified atom stereocenters. The second-order valence-corrected chi connectivity index (χ2v) is 3.62. The topological polar surface area (TPSA) is 71.1 Å². The average Bonchev–Trinajstić information content (AvgIpc) is 2.30. The van der Waals surface area contributed by atoms with E-state index in [0.717, 1.165) is 0 Å². The molecule has 6 nitrogen and oxygen atoms in total. The predicted octanol–water partition coefficient (Wildman–Crippen LogP) is 1.13. The minimum absolute atomic E-state index is 0.0546. The van der Waals surface area contributed by atoms with Crippen LogP contribution < -0.4 is 0 Å². The van der Waals surface area contributed by atoms with Crippen molar-refractivity contribution in [2.24, 2.45) is 5.92 Å². The summed E-state index contributed by atoms with van der Waals surface area (Å²) in [5.41, 5.74) is 0. The second-order valence-electron chi connectivity index (χ2n) is 3.62. The lowest BCUT2D eigenvalue weighted by molar-refractivity contribution is -0.167. The van der Waals surface area contributed by atoms with E-state index < -0.39 is 12.2 Å². The molecule has 18 heavy (non-hydrogen) atoms. The number of hydrogen-bond acceptors (Lipinski definition) is 6. The SMILES string of the molecule is CCOC(=O)CC(CC(=O)OCC)C(OC)OC. The minimum Gasteiger partial charge on any atom is -0.466 e. The maximum absolute atomic E-state index is 11.4. The van der Waals surface area contributed by atoms with E-state index in [4.69, 9.17) is 18.9 Å². The van der Waals surface area contributed by atoms with E-state index in [-0.39, 0.29) is 24.8 Å². The average molecular weight is 262 g/mol. The molecule has 0 aliphatic carbocycles. The summed E-state index contributed by atoms with van der Waals surface area (Å²) in [7, 11) is 2.91. The summed E-state index contributed by atoms with van der Waals surface area (Å²) < 4.78 is 19.9. The molecule has 0 N–H and O–H groups in total. The summed E-state index contributed by atoms with van der Waals surface area (Å²) >= 11 is 0. The van der Waals surface area contributed by atoms with Gasteiger partial charge < -0.3 is 18.9 Å². The molecule has 0 aliphatic rings. The number of esters is 2. The Labute approximate surface area is 108 Å². The molecule has 0 aromatic carbocycles. The Balaban J connectivity index is 4.50. The van der Waals surface area contributed by atoms with Gasteiger partial charge >= 0.3 is 11.9 Å². The number of hydrogen-bond donors (Lipinski definition) is 0. The third-order valence-corrected chi connectivity index (χ3v) is 2.32. The molecule has 0 atom stereocenters. The highest BCUT2D eigenvalue weighted by atomic mass is 16.7. The molecular weight excluding hydrogens is 240 g/mol. The Morgan fingerprint density at radius 1 is 0.889 bits per heavy atom. The van der Waals surface area contributed by atoms with Gasteiger partial charge in [0.15, 0.2) is 6.29 Å². The summed E-state index contributed by atoms with van der Waals surface area (Å²) in [6.07, 6.45) is -0.531. The summed E-state index contributed by atoms with van der Waals surface area (Å²) in [4.78, 5) is 22.9. The van der Waals surface area contributed by atoms with E-state index in [1.54, 1.807) is 13.8 Å². The number of methoxy groups -OCH3 is 2. The summed E-state index contributed by atoms with van der Waals surface area (Å²) in [6.45, 7) is 4.05. The molecule has 0 amide bonds. The normalized spacial score (nSPS) is 10.8. The number of rotatable bonds is 9. The zero-order chi connectivity index (χ0) is 14.0. The Hall–Kier alpha value is -1.14. The molecule has 106 valence electrons. The van der Waals surface area contributed by atoms with Gasteiger partial charge in [0.05, 0.1) is 26.1 Å². The Bertz CT molecular complexity index is 229. The standard InChI is InChI=1S/C12H22O6/c1-5-17-10(13)7-9(12(15-3)16-4)8-11(14)18-6-2/h9,12H,5-8H2,1-4H3. The van der Waals surface area contributed by atoms with E-state index >= 15 is 0 Å². The quantitative estimate of drug-likeness (QED) is 0.458. The number of ether oxygens (including phenoxy) is 4. The fourth-order valence-corrected chi connectivity index (χ4v) is 1.61. The Morgan fingerprint density at radius 3 is 1.56 bits per heavy atom. The highest BCUT2D eigenvalue weighted by Gasteiger charge is 2.27. The van der Waals surface area contributed by atoms with Crippen LogP contribution in [0.2, 0.25) is 0 Å². The first-order chi connectivity index (χ1) is 8.58. The van der Waals surface area contributed by atoms with Gasteiger partial charge in [-0.05, 0) is 13.8 Å². The van der Waals surface area contributed by atoms with E-state index in [2.05, 4.69) is 0 Å². The van der Waals surface area contributed by atoms with Crippen LogP contribution in [0.25, 0.3) is 0 Å². The number of carbonyl (C=O) groups excluding carboxylic acids is 2. The molecule has 0 spiro atoms. The van der Waals surface area contributed by atoms with Crippen LogP contribution in [0.4, 0.5) is 0 Å². The molecule has 0 aromatic heterocycles. The van der Waals surface area contributed by atoms with Crippen LogP contribution in [0.1, 0.15) is 26.7 Å². The van der Waals surface area contributed by atoms with Gasteiger partial charge in [0.25, 0.3) is 0 Å². The highest BCUT2D eigenvalue weighted by Crippen LogP contribution is 2.19. The van der Waals surface area contributed by atoms with Gasteiger partial charge in [0.1, 0.15) is 0 Å². The van der Waals surface area contributed by atoms with Crippen LogP contribution in [0, 0.1) is 5.92 Å². The summed E-state index contributed by atoms with van der Waals surface area (Å²) in [5, 5.41) is 0. The molecule has 0 heterocycles. The van der Waals surface area contributed by atoms with Crippen LogP contribution in [-0.4, -0.2) is 45.7 Å². The zero-order valence-corrected chi connectivity index (χ0v) is 11.4. The van der Waals surface area contributed by atoms with Crippen molar-refractivity contribution < 1.29 is 28.5 Å². The van der Waals surface area contributed by atoms with Crippen molar-refractivity contribution in [1.82, 2.24) is 0 Å². The van der Waals surface area contributed by atoms with Gasteiger partial charge in [-0.25, -0.2) is 0 Å². The molecule has 0 radical (unpaired) electrons. The summed E-state index contributed by atoms with van der Waals surface area (Å²) in [6, 6.07) is 0.